The van der Waals surface area contributed by atoms with Crippen molar-refractivity contribution in [1.29, 1.82) is 0 Å². The predicted octanol–water partition coefficient (Wildman–Crippen LogP) is 13.2. The molecular formula is C52H70Cl3N5O6. The van der Waals surface area contributed by atoms with Crippen molar-refractivity contribution in [3.8, 4) is 17.0 Å². The van der Waals surface area contributed by atoms with Crippen molar-refractivity contribution in [2.75, 3.05) is 26.3 Å². The molecule has 2 aliphatic rings. The van der Waals surface area contributed by atoms with E-state index >= 15 is 0 Å². The van der Waals surface area contributed by atoms with Crippen LogP contribution in [0.3, 0.4) is 0 Å². The molecule has 0 saturated heterocycles. The Morgan fingerprint density at radius 2 is 1.52 bits per heavy atom. The van der Waals surface area contributed by atoms with E-state index < -0.39 is 5.60 Å². The number of carbonyl (C=O) groups is 2. The van der Waals surface area contributed by atoms with Gasteiger partial charge in [-0.3, -0.25) is 14.3 Å². The highest BCUT2D eigenvalue weighted by Gasteiger charge is 2.47. The van der Waals surface area contributed by atoms with Crippen molar-refractivity contribution in [3.05, 3.63) is 98.0 Å². The van der Waals surface area contributed by atoms with Gasteiger partial charge in [0.15, 0.2) is 0 Å². The molecule has 2 saturated carbocycles. The van der Waals surface area contributed by atoms with Crippen LogP contribution in [0.4, 0.5) is 0 Å². The number of carbonyl (C=O) groups excluding carboxylic acids is 2. The van der Waals surface area contributed by atoms with Crippen molar-refractivity contribution in [2.45, 2.75) is 166 Å². The maximum atomic E-state index is 13.1. The number of rotatable bonds is 30. The maximum absolute atomic E-state index is 13.1. The van der Waals surface area contributed by atoms with Gasteiger partial charge in [-0.05, 0) is 102 Å². The first kappa shape index (κ1) is 51.5. The summed E-state index contributed by atoms with van der Waals surface area (Å²) >= 11 is 19.9. The smallest absolute Gasteiger partial charge is 0.271 e. The molecule has 14 heteroatoms. The zero-order valence-corrected chi connectivity index (χ0v) is 41.4. The highest BCUT2D eigenvalue weighted by atomic mass is 35.5. The summed E-state index contributed by atoms with van der Waals surface area (Å²) in [5.41, 5.74) is 2.63. The molecule has 2 heterocycles. The second-order valence-electron chi connectivity index (χ2n) is 18.4. The van der Waals surface area contributed by atoms with Crippen molar-refractivity contribution in [1.82, 2.24) is 25.6 Å². The molecule has 0 radical (unpaired) electrons. The van der Waals surface area contributed by atoms with Crippen molar-refractivity contribution < 1.29 is 28.7 Å². The van der Waals surface area contributed by atoms with Gasteiger partial charge in [0, 0.05) is 54.2 Å². The van der Waals surface area contributed by atoms with E-state index in [-0.39, 0.29) is 36.3 Å². The number of benzene rings is 2. The number of hydrogen-bond acceptors (Lipinski definition) is 8. The third-order valence-corrected chi connectivity index (χ3v) is 13.6. The summed E-state index contributed by atoms with van der Waals surface area (Å²) in [6.07, 6.45) is 24.1. The second kappa shape index (κ2) is 26.0. The van der Waals surface area contributed by atoms with Gasteiger partial charge in [-0.15, -0.1) is 0 Å². The molecule has 0 spiro atoms. The van der Waals surface area contributed by atoms with Crippen LogP contribution in [0.15, 0.2) is 59.1 Å². The number of hydrogen-bond donors (Lipinski definition) is 3. The Kier molecular flexibility index (Phi) is 20.3. The molecule has 3 N–H and O–H groups in total. The number of amides is 2. The number of nitrogens with zero attached hydrogens (tertiary/aromatic N) is 3. The third-order valence-electron chi connectivity index (χ3n) is 12.6. The molecule has 6 rings (SSSR count). The van der Waals surface area contributed by atoms with Crippen LogP contribution >= 0.6 is 34.8 Å². The van der Waals surface area contributed by atoms with Gasteiger partial charge in [-0.25, -0.2) is 0 Å². The topological polar surface area (TPSA) is 141 Å². The molecule has 11 nitrogen and oxygen atoms in total. The Morgan fingerprint density at radius 3 is 2.17 bits per heavy atom. The van der Waals surface area contributed by atoms with Gasteiger partial charge in [0.25, 0.3) is 5.91 Å². The Balaban J connectivity index is 0.865. The fourth-order valence-electron chi connectivity index (χ4n) is 8.73. The van der Waals surface area contributed by atoms with Gasteiger partial charge in [-0.1, -0.05) is 123 Å². The SMILES string of the molecule is CCCCCCCC/C=C\CCCCCCCC(=O)NCCOCCNC(=O)c1cc(C2CC(O)(c3ccc(OCc4c(-c5c(Cl)cccc5Cl)noc4C4CC4)cc3Cl)C2)n(C(C)C)n1. The van der Waals surface area contributed by atoms with Gasteiger partial charge in [0.05, 0.1) is 39.4 Å². The molecule has 360 valence electrons. The molecule has 0 unspecified atom stereocenters. The zero-order valence-electron chi connectivity index (χ0n) is 39.2. The minimum absolute atomic E-state index is 0.00555. The highest BCUT2D eigenvalue weighted by molar-refractivity contribution is 6.39. The Bertz CT molecular complexity index is 2170. The number of unbranched alkanes of at least 4 members (excludes halogenated alkanes) is 11. The van der Waals surface area contributed by atoms with Crippen LogP contribution in [-0.4, -0.2) is 58.2 Å². The fourth-order valence-corrected chi connectivity index (χ4v) is 9.65. The van der Waals surface area contributed by atoms with E-state index in [9.17, 15) is 14.7 Å². The number of aliphatic hydroxyl groups is 1. The summed E-state index contributed by atoms with van der Waals surface area (Å²) in [5.74, 6) is 1.32. The zero-order chi connectivity index (χ0) is 46.9. The lowest BCUT2D eigenvalue weighted by molar-refractivity contribution is -0.121. The molecule has 4 aromatic rings. The van der Waals surface area contributed by atoms with Crippen LogP contribution in [0, 0.1) is 0 Å². The number of aromatic nitrogens is 3. The van der Waals surface area contributed by atoms with E-state index in [2.05, 4.69) is 40.0 Å². The van der Waals surface area contributed by atoms with Crippen LogP contribution in [0.25, 0.3) is 11.3 Å². The average molecular weight is 968 g/mol. The summed E-state index contributed by atoms with van der Waals surface area (Å²) in [4.78, 5) is 25.4. The van der Waals surface area contributed by atoms with Crippen LogP contribution in [0.1, 0.15) is 187 Å². The molecule has 0 aliphatic heterocycles. The quantitative estimate of drug-likeness (QED) is 0.0347. The van der Waals surface area contributed by atoms with E-state index in [1.165, 1.54) is 57.8 Å². The molecule has 2 fully saturated rings. The van der Waals surface area contributed by atoms with Crippen LogP contribution in [0.2, 0.25) is 15.1 Å². The van der Waals surface area contributed by atoms with E-state index in [0.29, 0.717) is 88.9 Å². The largest absolute Gasteiger partial charge is 0.489 e. The van der Waals surface area contributed by atoms with E-state index in [1.54, 1.807) is 30.3 Å². The fraction of sp³-hybridized carbons (Fsp3) is 0.577. The van der Waals surface area contributed by atoms with Crippen LogP contribution in [0.5, 0.6) is 5.75 Å². The standard InChI is InChI=1S/C52H70Cl3N5O6/c1-4-5-6-7-8-9-10-11-12-13-14-15-16-17-18-22-47(61)56-27-29-64-30-28-57-51(62)45-32-46(60(58-45)36(2)3)38-33-52(63,34-38)41-26-25-39(31-44(41)55)65-35-40-49(59-66-50(40)37-23-24-37)48-42(53)20-19-21-43(48)54/h11-12,19-21,25-26,31-32,36-38,63H,4-10,13-18,22-24,27-30,33-35H2,1-3H3,(H,56,61)(H,57,62)/b12-11-. The number of nitrogens with one attached hydrogen (secondary N) is 2. The molecule has 2 aromatic carbocycles. The number of allylic oxidation sites excluding steroid dienone is 2. The third kappa shape index (κ3) is 14.8. The summed E-state index contributed by atoms with van der Waals surface area (Å²) < 4.78 is 19.6. The van der Waals surface area contributed by atoms with Crippen LogP contribution in [-0.2, 0) is 21.7 Å². The van der Waals surface area contributed by atoms with Crippen molar-refractivity contribution in [2.24, 2.45) is 0 Å². The maximum Gasteiger partial charge on any atom is 0.271 e. The summed E-state index contributed by atoms with van der Waals surface area (Å²) in [6, 6.07) is 12.5. The number of ether oxygens (including phenoxy) is 2. The minimum Gasteiger partial charge on any atom is -0.489 e. The molecule has 2 amide bonds. The normalized spacial score (nSPS) is 17.1. The van der Waals surface area contributed by atoms with Crippen molar-refractivity contribution in [3.63, 3.8) is 0 Å². The van der Waals surface area contributed by atoms with E-state index in [4.69, 9.17) is 48.8 Å². The van der Waals surface area contributed by atoms with E-state index in [0.717, 1.165) is 55.5 Å². The summed E-state index contributed by atoms with van der Waals surface area (Å²) in [7, 11) is 0. The second-order valence-corrected chi connectivity index (χ2v) is 19.6. The Hall–Kier alpha value is -3.87. The lowest BCUT2D eigenvalue weighted by Gasteiger charge is -2.44. The van der Waals surface area contributed by atoms with Gasteiger partial charge in [0.1, 0.15) is 29.5 Å². The lowest BCUT2D eigenvalue weighted by atomic mass is 9.66. The van der Waals surface area contributed by atoms with E-state index in [1.807, 2.05) is 30.7 Å². The van der Waals surface area contributed by atoms with Crippen LogP contribution < -0.4 is 15.4 Å². The Morgan fingerprint density at radius 1 is 0.864 bits per heavy atom. The highest BCUT2D eigenvalue weighted by Crippen LogP contribution is 2.53. The van der Waals surface area contributed by atoms with Gasteiger partial charge < -0.3 is 29.7 Å². The van der Waals surface area contributed by atoms with Crippen molar-refractivity contribution >= 4 is 46.6 Å². The average Bonchev–Trinajstić information content (AvgIpc) is 3.89. The first-order valence-corrected chi connectivity index (χ1v) is 25.6. The molecule has 0 atom stereocenters. The molecule has 0 bridgehead atoms. The molecule has 2 aromatic heterocycles. The molecule has 66 heavy (non-hydrogen) atoms. The minimum atomic E-state index is -1.16. The van der Waals surface area contributed by atoms with Gasteiger partial charge >= 0.3 is 0 Å². The lowest BCUT2D eigenvalue weighted by Crippen LogP contribution is -2.41. The summed E-state index contributed by atoms with van der Waals surface area (Å²) in [6.45, 7) is 7.90. The van der Waals surface area contributed by atoms with Gasteiger partial charge in [0.2, 0.25) is 5.91 Å². The van der Waals surface area contributed by atoms with Gasteiger partial charge in [-0.2, -0.15) is 5.10 Å². The predicted molar refractivity (Wildman–Crippen MR) is 264 cm³/mol. The first-order chi connectivity index (χ1) is 32.0. The monoisotopic (exact) mass is 965 g/mol. The summed E-state index contributed by atoms with van der Waals surface area (Å²) in [5, 5.41) is 27.9. The Labute approximate surface area is 406 Å². The molecular weight excluding hydrogens is 897 g/mol. The first-order valence-electron chi connectivity index (χ1n) is 24.4. The number of halogens is 3. The molecule has 2 aliphatic carbocycles.